The van der Waals surface area contributed by atoms with Gasteiger partial charge in [0.05, 0.1) is 6.20 Å². The lowest BCUT2D eigenvalue weighted by Gasteiger charge is -2.18. The van der Waals surface area contributed by atoms with Crippen molar-refractivity contribution < 1.29 is 0 Å². The lowest BCUT2D eigenvalue weighted by atomic mass is 9.99. The minimum absolute atomic E-state index is 0. The number of halogens is 1. The average Bonchev–Trinajstić information content (AvgIpc) is 2.85. The van der Waals surface area contributed by atoms with Crippen LogP contribution in [0, 0.1) is 6.92 Å². The number of aryl methyl sites for hydroxylation is 2. The van der Waals surface area contributed by atoms with E-state index in [1.807, 2.05) is 25.0 Å². The van der Waals surface area contributed by atoms with Crippen molar-refractivity contribution in [3.63, 3.8) is 0 Å². The van der Waals surface area contributed by atoms with E-state index < -0.39 is 0 Å². The maximum Gasteiger partial charge on any atom is 0.0568 e. The molecule has 0 radical (unpaired) electrons. The van der Waals surface area contributed by atoms with E-state index >= 15 is 0 Å². The van der Waals surface area contributed by atoms with Crippen molar-refractivity contribution >= 4 is 12.4 Å². The summed E-state index contributed by atoms with van der Waals surface area (Å²) >= 11 is 0. The highest BCUT2D eigenvalue weighted by Crippen LogP contribution is 2.25. The van der Waals surface area contributed by atoms with Crippen molar-refractivity contribution in [1.29, 1.82) is 0 Å². The minimum Gasteiger partial charge on any atom is -0.318 e. The zero-order valence-electron chi connectivity index (χ0n) is 13.3. The first kappa shape index (κ1) is 17.7. The number of nitrogens with one attached hydrogen (secondary N) is 1. The van der Waals surface area contributed by atoms with Crippen molar-refractivity contribution in [2.75, 3.05) is 27.2 Å². The molecule has 0 fully saturated rings. The zero-order chi connectivity index (χ0) is 14.5. The molecule has 0 saturated carbocycles. The predicted molar refractivity (Wildman–Crippen MR) is 90.9 cm³/mol. The fourth-order valence-corrected chi connectivity index (χ4v) is 2.33. The highest BCUT2D eigenvalue weighted by molar-refractivity contribution is 5.85. The second-order valence-corrected chi connectivity index (χ2v) is 5.40. The number of nitrogens with zero attached hydrogens (tertiary/aromatic N) is 3. The molecule has 21 heavy (non-hydrogen) atoms. The Kier molecular flexibility index (Phi) is 6.89. The molecule has 0 bridgehead atoms. The van der Waals surface area contributed by atoms with Crippen molar-refractivity contribution in [1.82, 2.24) is 20.0 Å². The van der Waals surface area contributed by atoms with Crippen molar-refractivity contribution in [3.05, 3.63) is 41.7 Å². The molecule has 0 aliphatic heterocycles. The molecule has 116 valence electrons. The van der Waals surface area contributed by atoms with E-state index in [9.17, 15) is 0 Å². The van der Waals surface area contributed by atoms with Crippen LogP contribution in [0.3, 0.4) is 0 Å². The van der Waals surface area contributed by atoms with E-state index in [1.165, 1.54) is 22.3 Å². The quantitative estimate of drug-likeness (QED) is 0.890. The number of likely N-dealkylation sites (N-methyl/N-ethyl adjacent to an activating group) is 2. The summed E-state index contributed by atoms with van der Waals surface area (Å²) in [4.78, 5) is 2.33. The van der Waals surface area contributed by atoms with Gasteiger partial charge in [0.25, 0.3) is 0 Å². The maximum atomic E-state index is 4.29. The van der Waals surface area contributed by atoms with E-state index in [-0.39, 0.29) is 12.4 Å². The molecule has 0 spiro atoms. The van der Waals surface area contributed by atoms with Gasteiger partial charge in [-0.25, -0.2) is 0 Å². The lowest BCUT2D eigenvalue weighted by molar-refractivity contribution is 0.328. The molecular formula is C16H25ClN4. The number of rotatable bonds is 6. The fourth-order valence-electron chi connectivity index (χ4n) is 2.33. The molecule has 0 unspecified atom stereocenters. The van der Waals surface area contributed by atoms with Crippen LogP contribution in [0.15, 0.2) is 30.6 Å². The molecular weight excluding hydrogens is 284 g/mol. The summed E-state index contributed by atoms with van der Waals surface area (Å²) in [6, 6.07) is 6.66. The van der Waals surface area contributed by atoms with Gasteiger partial charge in [-0.3, -0.25) is 4.68 Å². The van der Waals surface area contributed by atoms with Gasteiger partial charge in [-0.2, -0.15) is 5.10 Å². The fraction of sp³-hybridized carbons (Fsp3) is 0.438. The monoisotopic (exact) mass is 308 g/mol. The zero-order valence-corrected chi connectivity index (χ0v) is 14.1. The molecule has 5 heteroatoms. The van der Waals surface area contributed by atoms with E-state index in [2.05, 4.69) is 53.7 Å². The Bertz CT molecular complexity index is 565. The van der Waals surface area contributed by atoms with Crippen LogP contribution in [0.4, 0.5) is 0 Å². The van der Waals surface area contributed by atoms with E-state index in [4.69, 9.17) is 0 Å². The first-order valence-electron chi connectivity index (χ1n) is 7.02. The third-order valence-corrected chi connectivity index (χ3v) is 3.47. The van der Waals surface area contributed by atoms with Crippen molar-refractivity contribution in [2.24, 2.45) is 7.05 Å². The number of hydrogen-bond acceptors (Lipinski definition) is 3. The van der Waals surface area contributed by atoms with Gasteiger partial charge >= 0.3 is 0 Å². The van der Waals surface area contributed by atoms with Crippen LogP contribution in [-0.2, 0) is 13.6 Å². The summed E-state index contributed by atoms with van der Waals surface area (Å²) in [6.07, 6.45) is 4.01. The summed E-state index contributed by atoms with van der Waals surface area (Å²) in [5, 5.41) is 7.47. The molecule has 0 saturated heterocycles. The standard InChI is InChI=1S/C16H24N4.ClH/c1-13-5-6-14(11-19(3)8-7-17-2)16(9-13)15-10-18-20(4)12-15;/h5-6,9-10,12,17H,7-8,11H2,1-4H3;1H. The molecule has 0 amide bonds. The van der Waals surface area contributed by atoms with Crippen LogP contribution in [0.1, 0.15) is 11.1 Å². The van der Waals surface area contributed by atoms with Gasteiger partial charge in [-0.15, -0.1) is 12.4 Å². The third kappa shape index (κ3) is 4.84. The first-order chi connectivity index (χ1) is 9.60. The normalized spacial score (nSPS) is 10.7. The van der Waals surface area contributed by atoms with E-state index in [0.29, 0.717) is 0 Å². The van der Waals surface area contributed by atoms with Gasteiger partial charge < -0.3 is 10.2 Å². The molecule has 1 heterocycles. The smallest absolute Gasteiger partial charge is 0.0568 e. The summed E-state index contributed by atoms with van der Waals surface area (Å²) in [5.41, 5.74) is 5.11. The summed E-state index contributed by atoms with van der Waals surface area (Å²) < 4.78 is 1.85. The summed E-state index contributed by atoms with van der Waals surface area (Å²) in [7, 11) is 6.10. The molecule has 1 N–H and O–H groups in total. The largest absolute Gasteiger partial charge is 0.318 e. The third-order valence-electron chi connectivity index (χ3n) is 3.47. The SMILES string of the molecule is CNCCN(C)Cc1ccc(C)cc1-c1cnn(C)c1.Cl. The van der Waals surface area contributed by atoms with Crippen LogP contribution in [0.2, 0.25) is 0 Å². The minimum atomic E-state index is 0. The number of hydrogen-bond donors (Lipinski definition) is 1. The Labute approximate surface area is 133 Å². The number of benzene rings is 1. The molecule has 0 aliphatic carbocycles. The Balaban J connectivity index is 0.00000220. The Hall–Kier alpha value is -1.36. The Morgan fingerprint density at radius 2 is 2.10 bits per heavy atom. The summed E-state index contributed by atoms with van der Waals surface area (Å²) in [6.45, 7) is 5.13. The topological polar surface area (TPSA) is 33.1 Å². The van der Waals surface area contributed by atoms with Gasteiger partial charge in [-0.1, -0.05) is 23.8 Å². The molecule has 2 aromatic rings. The van der Waals surface area contributed by atoms with Crippen molar-refractivity contribution in [2.45, 2.75) is 13.5 Å². The van der Waals surface area contributed by atoms with Gasteiger partial charge in [0, 0.05) is 38.4 Å². The van der Waals surface area contributed by atoms with Crippen LogP contribution in [0.25, 0.3) is 11.1 Å². The Morgan fingerprint density at radius 3 is 2.71 bits per heavy atom. The molecule has 1 aromatic carbocycles. The first-order valence-corrected chi connectivity index (χ1v) is 7.02. The van der Waals surface area contributed by atoms with Gasteiger partial charge in [0.15, 0.2) is 0 Å². The van der Waals surface area contributed by atoms with Crippen LogP contribution < -0.4 is 5.32 Å². The van der Waals surface area contributed by atoms with Crippen molar-refractivity contribution in [3.8, 4) is 11.1 Å². The molecule has 1 aromatic heterocycles. The van der Waals surface area contributed by atoms with Crippen LogP contribution >= 0.6 is 12.4 Å². The Morgan fingerprint density at radius 1 is 1.33 bits per heavy atom. The lowest BCUT2D eigenvalue weighted by Crippen LogP contribution is -2.27. The van der Waals surface area contributed by atoms with Gasteiger partial charge in [0.1, 0.15) is 0 Å². The molecule has 0 aliphatic rings. The van der Waals surface area contributed by atoms with E-state index in [1.54, 1.807) is 0 Å². The second-order valence-electron chi connectivity index (χ2n) is 5.40. The highest BCUT2D eigenvalue weighted by atomic mass is 35.5. The van der Waals surface area contributed by atoms with E-state index in [0.717, 1.165) is 19.6 Å². The van der Waals surface area contributed by atoms with Crippen LogP contribution in [0.5, 0.6) is 0 Å². The second kappa shape index (κ2) is 8.17. The van der Waals surface area contributed by atoms with Gasteiger partial charge in [-0.05, 0) is 32.1 Å². The molecule has 0 atom stereocenters. The highest BCUT2D eigenvalue weighted by Gasteiger charge is 2.09. The summed E-state index contributed by atoms with van der Waals surface area (Å²) in [5.74, 6) is 0. The molecule has 4 nitrogen and oxygen atoms in total. The maximum absolute atomic E-state index is 4.29. The average molecular weight is 309 g/mol. The van der Waals surface area contributed by atoms with Crippen LogP contribution in [-0.4, -0.2) is 41.9 Å². The number of aromatic nitrogens is 2. The van der Waals surface area contributed by atoms with Gasteiger partial charge in [0.2, 0.25) is 0 Å². The molecule has 2 rings (SSSR count). The predicted octanol–water partition coefficient (Wildman–Crippen LogP) is 2.47.